The number of rotatable bonds is 5. The van der Waals surface area contributed by atoms with Gasteiger partial charge in [-0.15, -0.1) is 0 Å². The van der Waals surface area contributed by atoms with Crippen molar-refractivity contribution in [3.05, 3.63) is 0 Å². The minimum atomic E-state index is -0.115. The van der Waals surface area contributed by atoms with Gasteiger partial charge in [0.2, 0.25) is 0 Å². The molecular weight excluding hydrogens is 278 g/mol. The van der Waals surface area contributed by atoms with E-state index in [4.69, 9.17) is 4.74 Å². The third-order valence-electron chi connectivity index (χ3n) is 4.26. The SMILES string of the molecule is CN=C(NCCCCC(C)(C)C)N1CC(C)C(C(=O)OC)C1. The molecule has 5 heteroatoms. The first kappa shape index (κ1) is 18.8. The fraction of sp³-hybridized carbons (Fsp3) is 0.882. The number of hydrogen-bond donors (Lipinski definition) is 1. The van der Waals surface area contributed by atoms with Gasteiger partial charge in [0.05, 0.1) is 13.0 Å². The molecule has 1 heterocycles. The third-order valence-corrected chi connectivity index (χ3v) is 4.26. The van der Waals surface area contributed by atoms with Crippen molar-refractivity contribution in [2.75, 3.05) is 33.8 Å². The Morgan fingerprint density at radius 3 is 2.55 bits per heavy atom. The number of hydrogen-bond acceptors (Lipinski definition) is 3. The number of aliphatic imine (C=N–C) groups is 1. The summed E-state index contributed by atoms with van der Waals surface area (Å²) in [6.07, 6.45) is 3.59. The van der Waals surface area contributed by atoms with E-state index in [2.05, 4.69) is 42.9 Å². The molecule has 1 aliphatic heterocycles. The third kappa shape index (κ3) is 5.85. The van der Waals surface area contributed by atoms with Crippen LogP contribution in [0.2, 0.25) is 0 Å². The van der Waals surface area contributed by atoms with Crippen LogP contribution in [-0.2, 0) is 9.53 Å². The lowest BCUT2D eigenvalue weighted by Gasteiger charge is -2.22. The first-order valence-corrected chi connectivity index (χ1v) is 8.32. The molecule has 128 valence electrons. The van der Waals surface area contributed by atoms with E-state index in [0.29, 0.717) is 17.9 Å². The number of ether oxygens (including phenoxy) is 1. The summed E-state index contributed by atoms with van der Waals surface area (Å²) >= 11 is 0. The molecule has 1 rings (SSSR count). The molecule has 0 radical (unpaired) electrons. The molecule has 1 N–H and O–H groups in total. The Kier molecular flexibility index (Phi) is 7.17. The van der Waals surface area contributed by atoms with Gasteiger partial charge >= 0.3 is 5.97 Å². The number of likely N-dealkylation sites (tertiary alicyclic amines) is 1. The summed E-state index contributed by atoms with van der Waals surface area (Å²) in [6, 6.07) is 0. The van der Waals surface area contributed by atoms with Gasteiger partial charge in [0.25, 0.3) is 0 Å². The molecule has 0 bridgehead atoms. The van der Waals surface area contributed by atoms with Crippen LogP contribution in [-0.4, -0.2) is 50.6 Å². The topological polar surface area (TPSA) is 53.9 Å². The Hall–Kier alpha value is -1.26. The average Bonchev–Trinajstić information content (AvgIpc) is 2.82. The van der Waals surface area contributed by atoms with Gasteiger partial charge in [-0.3, -0.25) is 9.79 Å². The van der Waals surface area contributed by atoms with E-state index in [1.807, 2.05) is 0 Å². The van der Waals surface area contributed by atoms with Gasteiger partial charge < -0.3 is 15.0 Å². The van der Waals surface area contributed by atoms with Gasteiger partial charge in [-0.05, 0) is 24.2 Å². The second-order valence-corrected chi connectivity index (χ2v) is 7.50. The summed E-state index contributed by atoms with van der Waals surface area (Å²) in [6.45, 7) is 11.4. The Bertz CT molecular complexity index is 388. The van der Waals surface area contributed by atoms with Crippen LogP contribution in [0.1, 0.15) is 47.0 Å². The maximum atomic E-state index is 11.8. The number of nitrogens with one attached hydrogen (secondary N) is 1. The van der Waals surface area contributed by atoms with Gasteiger partial charge in [0, 0.05) is 26.7 Å². The van der Waals surface area contributed by atoms with E-state index < -0.39 is 0 Å². The maximum absolute atomic E-state index is 11.8. The molecule has 0 saturated carbocycles. The summed E-state index contributed by atoms with van der Waals surface area (Å²) in [5.74, 6) is 1.03. The zero-order chi connectivity index (χ0) is 16.8. The minimum absolute atomic E-state index is 0.0514. The fourth-order valence-corrected chi connectivity index (χ4v) is 2.91. The van der Waals surface area contributed by atoms with Crippen molar-refractivity contribution in [1.82, 2.24) is 10.2 Å². The van der Waals surface area contributed by atoms with Crippen LogP contribution in [0.5, 0.6) is 0 Å². The predicted octanol–water partition coefficient (Wildman–Crippen LogP) is 2.52. The molecule has 0 amide bonds. The molecule has 0 aromatic carbocycles. The van der Waals surface area contributed by atoms with Crippen LogP contribution in [0.15, 0.2) is 4.99 Å². The Balaban J connectivity index is 2.38. The van der Waals surface area contributed by atoms with Gasteiger partial charge in [0.1, 0.15) is 0 Å². The van der Waals surface area contributed by atoms with Crippen molar-refractivity contribution in [2.24, 2.45) is 22.2 Å². The molecule has 1 aliphatic rings. The highest BCUT2D eigenvalue weighted by Gasteiger charge is 2.36. The Labute approximate surface area is 135 Å². The zero-order valence-corrected chi connectivity index (χ0v) is 15.1. The quantitative estimate of drug-likeness (QED) is 0.367. The predicted molar refractivity (Wildman–Crippen MR) is 90.9 cm³/mol. The highest BCUT2D eigenvalue weighted by Crippen LogP contribution is 2.24. The van der Waals surface area contributed by atoms with Crippen molar-refractivity contribution in [2.45, 2.75) is 47.0 Å². The van der Waals surface area contributed by atoms with Crippen LogP contribution >= 0.6 is 0 Å². The van der Waals surface area contributed by atoms with Gasteiger partial charge in [-0.25, -0.2) is 0 Å². The van der Waals surface area contributed by atoms with E-state index in [0.717, 1.165) is 25.5 Å². The standard InChI is InChI=1S/C17H33N3O2/c1-13-11-20(12-14(13)15(21)22-6)16(18-5)19-10-8-7-9-17(2,3)4/h13-14H,7-12H2,1-6H3,(H,18,19). The van der Waals surface area contributed by atoms with E-state index in [1.165, 1.54) is 20.0 Å². The zero-order valence-electron chi connectivity index (χ0n) is 15.1. The number of unbranched alkanes of at least 4 members (excludes halogenated alkanes) is 1. The van der Waals surface area contributed by atoms with Gasteiger partial charge in [-0.2, -0.15) is 0 Å². The molecular formula is C17H33N3O2. The van der Waals surface area contributed by atoms with Gasteiger partial charge in [0.15, 0.2) is 5.96 Å². The number of esters is 1. The summed E-state index contributed by atoms with van der Waals surface area (Å²) in [7, 11) is 3.26. The van der Waals surface area contributed by atoms with E-state index in [-0.39, 0.29) is 11.9 Å². The minimum Gasteiger partial charge on any atom is -0.469 e. The lowest BCUT2D eigenvalue weighted by molar-refractivity contribution is -0.145. The molecule has 22 heavy (non-hydrogen) atoms. The smallest absolute Gasteiger partial charge is 0.310 e. The van der Waals surface area contributed by atoms with E-state index in [9.17, 15) is 4.79 Å². The molecule has 5 nitrogen and oxygen atoms in total. The maximum Gasteiger partial charge on any atom is 0.310 e. The number of carbonyl (C=O) groups is 1. The number of methoxy groups -OCH3 is 1. The summed E-state index contributed by atoms with van der Waals surface area (Å²) in [5.41, 5.74) is 0.403. The van der Waals surface area contributed by atoms with Crippen LogP contribution in [0.25, 0.3) is 0 Å². The molecule has 2 unspecified atom stereocenters. The second-order valence-electron chi connectivity index (χ2n) is 7.50. The van der Waals surface area contributed by atoms with Crippen molar-refractivity contribution >= 4 is 11.9 Å². The lowest BCUT2D eigenvalue weighted by atomic mass is 9.90. The average molecular weight is 311 g/mol. The normalized spacial score (nSPS) is 22.8. The first-order valence-electron chi connectivity index (χ1n) is 8.32. The second kappa shape index (κ2) is 8.39. The highest BCUT2D eigenvalue weighted by atomic mass is 16.5. The molecule has 1 saturated heterocycles. The highest BCUT2D eigenvalue weighted by molar-refractivity contribution is 5.82. The molecule has 0 aliphatic carbocycles. The Morgan fingerprint density at radius 2 is 2.00 bits per heavy atom. The van der Waals surface area contributed by atoms with Crippen LogP contribution in [0, 0.1) is 17.3 Å². The van der Waals surface area contributed by atoms with Crippen molar-refractivity contribution in [1.29, 1.82) is 0 Å². The van der Waals surface area contributed by atoms with Crippen molar-refractivity contribution < 1.29 is 9.53 Å². The fourth-order valence-electron chi connectivity index (χ4n) is 2.91. The Morgan fingerprint density at radius 1 is 1.32 bits per heavy atom. The van der Waals surface area contributed by atoms with Crippen LogP contribution < -0.4 is 5.32 Å². The number of guanidine groups is 1. The lowest BCUT2D eigenvalue weighted by Crippen LogP contribution is -2.41. The van der Waals surface area contributed by atoms with Gasteiger partial charge in [-0.1, -0.05) is 34.1 Å². The molecule has 0 spiro atoms. The number of carbonyl (C=O) groups excluding carboxylic acids is 1. The summed E-state index contributed by atoms with van der Waals surface area (Å²) in [4.78, 5) is 18.3. The molecule has 2 atom stereocenters. The molecule has 1 fully saturated rings. The molecule has 0 aromatic heterocycles. The van der Waals surface area contributed by atoms with E-state index in [1.54, 1.807) is 7.05 Å². The summed E-state index contributed by atoms with van der Waals surface area (Å²) < 4.78 is 4.89. The van der Waals surface area contributed by atoms with Crippen molar-refractivity contribution in [3.8, 4) is 0 Å². The van der Waals surface area contributed by atoms with Crippen molar-refractivity contribution in [3.63, 3.8) is 0 Å². The molecule has 0 aromatic rings. The largest absolute Gasteiger partial charge is 0.469 e. The van der Waals surface area contributed by atoms with Crippen LogP contribution in [0.3, 0.4) is 0 Å². The summed E-state index contributed by atoms with van der Waals surface area (Å²) in [5, 5.41) is 3.42. The van der Waals surface area contributed by atoms with E-state index >= 15 is 0 Å². The first-order chi connectivity index (χ1) is 10.3. The number of nitrogens with zero attached hydrogens (tertiary/aromatic N) is 2. The monoisotopic (exact) mass is 311 g/mol. The van der Waals surface area contributed by atoms with Crippen LogP contribution in [0.4, 0.5) is 0 Å².